The maximum absolute atomic E-state index is 12.5. The van der Waals surface area contributed by atoms with Gasteiger partial charge in [0.2, 0.25) is 0 Å². The Kier molecular flexibility index (Phi) is 5.03. The van der Waals surface area contributed by atoms with Gasteiger partial charge >= 0.3 is 0 Å². The van der Waals surface area contributed by atoms with E-state index in [-0.39, 0.29) is 17.2 Å². The first-order valence-corrected chi connectivity index (χ1v) is 8.86. The molecule has 7 heteroatoms. The molecule has 6 nitrogen and oxygen atoms in total. The van der Waals surface area contributed by atoms with E-state index in [4.69, 9.17) is 0 Å². The van der Waals surface area contributed by atoms with Crippen LogP contribution in [-0.4, -0.2) is 23.9 Å². The van der Waals surface area contributed by atoms with E-state index in [2.05, 4.69) is 21.2 Å². The van der Waals surface area contributed by atoms with E-state index in [0.29, 0.717) is 11.4 Å². The summed E-state index contributed by atoms with van der Waals surface area (Å²) in [6, 6.07) is 10.1. The lowest BCUT2D eigenvalue weighted by Gasteiger charge is -2.17. The molecule has 2 aromatic rings. The molecule has 0 radical (unpaired) electrons. The van der Waals surface area contributed by atoms with Crippen LogP contribution in [-0.2, 0) is 0 Å². The van der Waals surface area contributed by atoms with Crippen LogP contribution in [0.4, 0.5) is 17.1 Å². The highest BCUT2D eigenvalue weighted by molar-refractivity contribution is 9.10. The summed E-state index contributed by atoms with van der Waals surface area (Å²) in [5, 5.41) is 14.2. The second-order valence-electron chi connectivity index (χ2n) is 6.07. The Morgan fingerprint density at radius 1 is 1.20 bits per heavy atom. The van der Waals surface area contributed by atoms with E-state index in [1.165, 1.54) is 6.07 Å². The van der Waals surface area contributed by atoms with Crippen LogP contribution in [0.2, 0.25) is 0 Å². The molecule has 1 heterocycles. The fraction of sp³-hybridized carbons (Fsp3) is 0.278. The molecule has 2 aromatic carbocycles. The number of nitro groups is 1. The Hall–Kier alpha value is -2.41. The summed E-state index contributed by atoms with van der Waals surface area (Å²) in [6.45, 7) is 3.55. The molecule has 1 fully saturated rings. The first-order chi connectivity index (χ1) is 12.0. The van der Waals surface area contributed by atoms with E-state index in [0.717, 1.165) is 36.0 Å². The summed E-state index contributed by atoms with van der Waals surface area (Å²) in [5.74, 6) is -0.363. The van der Waals surface area contributed by atoms with Crippen LogP contribution >= 0.6 is 15.9 Å². The number of aryl methyl sites for hydroxylation is 1. The molecule has 3 rings (SSSR count). The third-order valence-electron chi connectivity index (χ3n) is 4.30. The van der Waals surface area contributed by atoms with Crippen LogP contribution in [0.15, 0.2) is 40.9 Å². The average molecular weight is 404 g/mol. The van der Waals surface area contributed by atoms with Gasteiger partial charge in [0.1, 0.15) is 5.69 Å². The van der Waals surface area contributed by atoms with Gasteiger partial charge in [-0.05, 0) is 55.7 Å². The number of carbonyl (C=O) groups excluding carboxylic acids is 1. The Morgan fingerprint density at radius 3 is 2.56 bits per heavy atom. The second kappa shape index (κ2) is 7.23. The number of rotatable bonds is 4. The van der Waals surface area contributed by atoms with Crippen molar-refractivity contribution in [2.75, 3.05) is 23.3 Å². The highest BCUT2D eigenvalue weighted by atomic mass is 79.9. The third-order valence-corrected chi connectivity index (χ3v) is 5.19. The minimum Gasteiger partial charge on any atom is -0.366 e. The first-order valence-electron chi connectivity index (χ1n) is 8.06. The van der Waals surface area contributed by atoms with Gasteiger partial charge in [-0.3, -0.25) is 14.9 Å². The standard InChI is InChI=1S/C18H18BrN3O3/c1-12-10-14(5-6-15(12)19)20-18(23)13-4-7-16(17(11-13)22(24)25)21-8-2-3-9-21/h4-7,10-11H,2-3,8-9H2,1H3,(H,20,23). The highest BCUT2D eigenvalue weighted by Gasteiger charge is 2.23. The Labute approximate surface area is 154 Å². The molecule has 0 saturated carbocycles. The van der Waals surface area contributed by atoms with Crippen molar-refractivity contribution in [1.82, 2.24) is 0 Å². The van der Waals surface area contributed by atoms with E-state index < -0.39 is 4.92 Å². The van der Waals surface area contributed by atoms with Crippen LogP contribution in [0.5, 0.6) is 0 Å². The molecule has 1 saturated heterocycles. The van der Waals surface area contributed by atoms with Crippen molar-refractivity contribution in [2.24, 2.45) is 0 Å². The predicted molar refractivity (Wildman–Crippen MR) is 101 cm³/mol. The zero-order valence-electron chi connectivity index (χ0n) is 13.8. The molecule has 0 atom stereocenters. The summed E-state index contributed by atoms with van der Waals surface area (Å²) in [4.78, 5) is 25.5. The van der Waals surface area contributed by atoms with Crippen LogP contribution in [0.25, 0.3) is 0 Å². The Morgan fingerprint density at radius 2 is 1.92 bits per heavy atom. The van der Waals surface area contributed by atoms with E-state index in [9.17, 15) is 14.9 Å². The lowest BCUT2D eigenvalue weighted by atomic mass is 10.1. The smallest absolute Gasteiger partial charge is 0.293 e. The van der Waals surface area contributed by atoms with E-state index >= 15 is 0 Å². The molecule has 0 aliphatic carbocycles. The van der Waals surface area contributed by atoms with Crippen molar-refractivity contribution in [1.29, 1.82) is 0 Å². The number of anilines is 2. The highest BCUT2D eigenvalue weighted by Crippen LogP contribution is 2.32. The summed E-state index contributed by atoms with van der Waals surface area (Å²) >= 11 is 3.41. The lowest BCUT2D eigenvalue weighted by molar-refractivity contribution is -0.384. The molecule has 25 heavy (non-hydrogen) atoms. The topological polar surface area (TPSA) is 75.5 Å². The largest absolute Gasteiger partial charge is 0.366 e. The van der Waals surface area contributed by atoms with Gasteiger partial charge in [-0.25, -0.2) is 0 Å². The van der Waals surface area contributed by atoms with Crippen molar-refractivity contribution >= 4 is 38.9 Å². The van der Waals surface area contributed by atoms with Crippen LogP contribution in [0, 0.1) is 17.0 Å². The molecule has 0 spiro atoms. The molecular formula is C18H18BrN3O3. The van der Waals surface area contributed by atoms with Gasteiger partial charge < -0.3 is 10.2 Å². The average Bonchev–Trinajstić information content (AvgIpc) is 3.12. The monoisotopic (exact) mass is 403 g/mol. The summed E-state index contributed by atoms with van der Waals surface area (Å²) in [7, 11) is 0. The molecular weight excluding hydrogens is 386 g/mol. The van der Waals surface area contributed by atoms with Crippen molar-refractivity contribution in [3.05, 3.63) is 62.1 Å². The number of halogens is 1. The molecule has 0 unspecified atom stereocenters. The molecule has 130 valence electrons. The molecule has 1 aliphatic rings. The molecule has 0 aromatic heterocycles. The van der Waals surface area contributed by atoms with Gasteiger partial charge in [-0.1, -0.05) is 15.9 Å². The van der Waals surface area contributed by atoms with Crippen LogP contribution < -0.4 is 10.2 Å². The zero-order valence-corrected chi connectivity index (χ0v) is 15.4. The van der Waals surface area contributed by atoms with E-state index in [1.54, 1.807) is 18.2 Å². The van der Waals surface area contributed by atoms with Gasteiger partial charge in [0, 0.05) is 34.9 Å². The number of hydrogen-bond donors (Lipinski definition) is 1. The van der Waals surface area contributed by atoms with Gasteiger partial charge in [0.25, 0.3) is 11.6 Å². The minimum absolute atomic E-state index is 0.0264. The van der Waals surface area contributed by atoms with Crippen molar-refractivity contribution in [3.63, 3.8) is 0 Å². The second-order valence-corrected chi connectivity index (χ2v) is 6.93. The fourth-order valence-corrected chi connectivity index (χ4v) is 3.21. The van der Waals surface area contributed by atoms with Gasteiger partial charge in [-0.2, -0.15) is 0 Å². The maximum atomic E-state index is 12.5. The van der Waals surface area contributed by atoms with Crippen molar-refractivity contribution < 1.29 is 9.72 Å². The third kappa shape index (κ3) is 3.82. The van der Waals surface area contributed by atoms with Crippen LogP contribution in [0.1, 0.15) is 28.8 Å². The number of nitrogens with one attached hydrogen (secondary N) is 1. The maximum Gasteiger partial charge on any atom is 0.293 e. The first kappa shape index (κ1) is 17.4. The number of nitro benzene ring substituents is 1. The molecule has 1 amide bonds. The summed E-state index contributed by atoms with van der Waals surface area (Å²) in [5.41, 5.74) is 2.47. The molecule has 1 aliphatic heterocycles. The zero-order chi connectivity index (χ0) is 18.0. The van der Waals surface area contributed by atoms with Crippen LogP contribution in [0.3, 0.4) is 0 Å². The van der Waals surface area contributed by atoms with Gasteiger partial charge in [0.15, 0.2) is 0 Å². The van der Waals surface area contributed by atoms with Crippen molar-refractivity contribution in [3.8, 4) is 0 Å². The Balaban J connectivity index is 1.86. The Bertz CT molecular complexity index is 832. The summed E-state index contributed by atoms with van der Waals surface area (Å²) in [6.07, 6.45) is 2.06. The quantitative estimate of drug-likeness (QED) is 0.601. The normalized spacial score (nSPS) is 13.8. The fourth-order valence-electron chi connectivity index (χ4n) is 2.96. The number of hydrogen-bond acceptors (Lipinski definition) is 4. The lowest BCUT2D eigenvalue weighted by Crippen LogP contribution is -2.19. The number of carbonyl (C=O) groups is 1. The SMILES string of the molecule is Cc1cc(NC(=O)c2ccc(N3CCCC3)c([N+](=O)[O-])c2)ccc1Br. The predicted octanol–water partition coefficient (Wildman–Crippen LogP) is 4.52. The number of nitrogens with zero attached hydrogens (tertiary/aromatic N) is 2. The minimum atomic E-state index is -0.422. The van der Waals surface area contributed by atoms with Gasteiger partial charge in [0.05, 0.1) is 4.92 Å². The molecule has 0 bridgehead atoms. The number of benzene rings is 2. The number of amides is 1. The van der Waals surface area contributed by atoms with Crippen molar-refractivity contribution in [2.45, 2.75) is 19.8 Å². The van der Waals surface area contributed by atoms with Gasteiger partial charge in [-0.15, -0.1) is 0 Å². The van der Waals surface area contributed by atoms with E-state index in [1.807, 2.05) is 24.0 Å². The summed E-state index contributed by atoms with van der Waals surface area (Å²) < 4.78 is 0.955. The molecule has 1 N–H and O–H groups in total.